The summed E-state index contributed by atoms with van der Waals surface area (Å²) in [5, 5.41) is 3.85. The first-order valence-corrected chi connectivity index (χ1v) is 12.5. The lowest BCUT2D eigenvalue weighted by molar-refractivity contribution is 0.102. The molecule has 0 fully saturated rings. The fourth-order valence-electron chi connectivity index (χ4n) is 3.37. The van der Waals surface area contributed by atoms with Crippen molar-refractivity contribution in [2.75, 3.05) is 11.6 Å². The minimum absolute atomic E-state index is 0.109. The molecule has 1 amide bonds. The SMILES string of the molecule is CS(=O)(=O)c1ccc(C(=O)Nc2ccc(Cl)c(-c3ccccn3)c2)c(-c2cccc(Cl)c2)c1. The highest BCUT2D eigenvalue weighted by molar-refractivity contribution is 7.90. The number of anilines is 1. The Hall–Kier alpha value is -3.19. The highest BCUT2D eigenvalue weighted by Gasteiger charge is 2.18. The molecule has 0 spiro atoms. The quantitative estimate of drug-likeness (QED) is 0.347. The molecule has 0 aliphatic carbocycles. The second-order valence-corrected chi connectivity index (χ2v) is 10.2. The third kappa shape index (κ3) is 5.25. The lowest BCUT2D eigenvalue weighted by Crippen LogP contribution is -2.14. The largest absolute Gasteiger partial charge is 0.322 e. The summed E-state index contributed by atoms with van der Waals surface area (Å²) in [5.41, 5.74) is 3.27. The number of nitrogens with zero attached hydrogens (tertiary/aromatic N) is 1. The normalized spacial score (nSPS) is 11.2. The summed E-state index contributed by atoms with van der Waals surface area (Å²) in [6.45, 7) is 0. The molecule has 0 aliphatic heterocycles. The summed E-state index contributed by atoms with van der Waals surface area (Å²) in [6.07, 6.45) is 2.79. The van der Waals surface area contributed by atoms with E-state index < -0.39 is 15.7 Å². The van der Waals surface area contributed by atoms with Crippen LogP contribution in [0.4, 0.5) is 5.69 Å². The lowest BCUT2D eigenvalue weighted by atomic mass is 9.99. The molecule has 4 aromatic rings. The number of aromatic nitrogens is 1. The highest BCUT2D eigenvalue weighted by atomic mass is 35.5. The number of sulfone groups is 1. The zero-order valence-electron chi connectivity index (χ0n) is 17.4. The van der Waals surface area contributed by atoms with Gasteiger partial charge in [-0.1, -0.05) is 41.4 Å². The summed E-state index contributed by atoms with van der Waals surface area (Å²) >= 11 is 12.5. The molecule has 0 unspecified atom stereocenters. The first kappa shape index (κ1) is 23.0. The van der Waals surface area contributed by atoms with Gasteiger partial charge in [0.2, 0.25) is 0 Å². The van der Waals surface area contributed by atoms with Gasteiger partial charge < -0.3 is 5.32 Å². The van der Waals surface area contributed by atoms with Gasteiger partial charge in [0.05, 0.1) is 15.6 Å². The Bertz CT molecular complexity index is 1460. The van der Waals surface area contributed by atoms with Gasteiger partial charge in [-0.3, -0.25) is 9.78 Å². The summed E-state index contributed by atoms with van der Waals surface area (Å²) in [7, 11) is -3.47. The Morgan fingerprint density at radius 3 is 2.39 bits per heavy atom. The minimum Gasteiger partial charge on any atom is -0.322 e. The van der Waals surface area contributed by atoms with Gasteiger partial charge in [-0.2, -0.15) is 0 Å². The molecular formula is C25H18Cl2N2O3S. The molecule has 0 atom stereocenters. The Balaban J connectivity index is 1.75. The van der Waals surface area contributed by atoms with Crippen molar-refractivity contribution >= 4 is 44.6 Å². The zero-order chi connectivity index (χ0) is 23.6. The molecule has 5 nitrogen and oxygen atoms in total. The second kappa shape index (κ2) is 9.35. The highest BCUT2D eigenvalue weighted by Crippen LogP contribution is 2.32. The van der Waals surface area contributed by atoms with Gasteiger partial charge in [0, 0.05) is 34.3 Å². The van der Waals surface area contributed by atoms with Gasteiger partial charge in [0.15, 0.2) is 9.84 Å². The first-order chi connectivity index (χ1) is 15.7. The molecule has 166 valence electrons. The van der Waals surface area contributed by atoms with E-state index in [2.05, 4.69) is 10.3 Å². The van der Waals surface area contributed by atoms with Gasteiger partial charge >= 0.3 is 0 Å². The average molecular weight is 497 g/mol. The third-order valence-electron chi connectivity index (χ3n) is 4.96. The van der Waals surface area contributed by atoms with Crippen molar-refractivity contribution in [1.82, 2.24) is 4.98 Å². The monoisotopic (exact) mass is 496 g/mol. The van der Waals surface area contributed by atoms with Crippen molar-refractivity contribution in [3.05, 3.63) is 101 Å². The van der Waals surface area contributed by atoms with Crippen molar-refractivity contribution in [2.24, 2.45) is 0 Å². The van der Waals surface area contributed by atoms with Crippen LogP contribution in [0.2, 0.25) is 10.0 Å². The number of nitrogens with one attached hydrogen (secondary N) is 1. The molecule has 33 heavy (non-hydrogen) atoms. The van der Waals surface area contributed by atoms with Crippen LogP contribution < -0.4 is 5.32 Å². The molecule has 0 saturated heterocycles. The zero-order valence-corrected chi connectivity index (χ0v) is 19.7. The summed E-state index contributed by atoms with van der Waals surface area (Å²) in [6, 6.07) is 21.9. The van der Waals surface area contributed by atoms with Crippen LogP contribution in [0.3, 0.4) is 0 Å². The number of amides is 1. The smallest absolute Gasteiger partial charge is 0.256 e. The van der Waals surface area contributed by atoms with Crippen LogP contribution in [0.1, 0.15) is 10.4 Å². The minimum atomic E-state index is -3.47. The number of benzene rings is 3. The fraction of sp³-hybridized carbons (Fsp3) is 0.0400. The summed E-state index contributed by atoms with van der Waals surface area (Å²) in [4.78, 5) is 17.7. The van der Waals surface area contributed by atoms with Gasteiger partial charge in [-0.25, -0.2) is 8.42 Å². The predicted molar refractivity (Wildman–Crippen MR) is 133 cm³/mol. The molecule has 0 bridgehead atoms. The topological polar surface area (TPSA) is 76.1 Å². The van der Waals surface area contributed by atoms with E-state index in [4.69, 9.17) is 23.2 Å². The van der Waals surface area contributed by atoms with Gasteiger partial charge in [0.25, 0.3) is 5.91 Å². The van der Waals surface area contributed by atoms with Crippen LogP contribution >= 0.6 is 23.2 Å². The Kier molecular flexibility index (Phi) is 6.51. The molecule has 8 heteroatoms. The summed E-state index contributed by atoms with van der Waals surface area (Å²) in [5.74, 6) is -0.403. The number of hydrogen-bond acceptors (Lipinski definition) is 4. The van der Waals surface area contributed by atoms with E-state index in [9.17, 15) is 13.2 Å². The molecule has 1 aromatic heterocycles. The Morgan fingerprint density at radius 1 is 0.879 bits per heavy atom. The maximum atomic E-state index is 13.2. The van der Waals surface area contributed by atoms with E-state index in [1.165, 1.54) is 18.2 Å². The maximum Gasteiger partial charge on any atom is 0.256 e. The Labute approximate surface area is 201 Å². The van der Waals surface area contributed by atoms with Crippen LogP contribution in [0.15, 0.2) is 90.0 Å². The molecule has 0 saturated carbocycles. The number of carbonyl (C=O) groups is 1. The van der Waals surface area contributed by atoms with Crippen LogP contribution in [-0.4, -0.2) is 25.6 Å². The van der Waals surface area contributed by atoms with Crippen LogP contribution in [0.25, 0.3) is 22.4 Å². The van der Waals surface area contributed by atoms with E-state index in [1.807, 2.05) is 12.1 Å². The van der Waals surface area contributed by atoms with E-state index in [1.54, 1.807) is 54.7 Å². The lowest BCUT2D eigenvalue weighted by Gasteiger charge is -2.13. The molecular weight excluding hydrogens is 479 g/mol. The van der Waals surface area contributed by atoms with Crippen molar-refractivity contribution in [3.63, 3.8) is 0 Å². The van der Waals surface area contributed by atoms with Crippen molar-refractivity contribution in [2.45, 2.75) is 4.90 Å². The van der Waals surface area contributed by atoms with Crippen molar-refractivity contribution in [3.8, 4) is 22.4 Å². The molecule has 0 radical (unpaired) electrons. The number of pyridine rings is 1. The molecule has 1 heterocycles. The van der Waals surface area contributed by atoms with E-state index in [-0.39, 0.29) is 4.90 Å². The summed E-state index contributed by atoms with van der Waals surface area (Å²) < 4.78 is 24.2. The van der Waals surface area contributed by atoms with Gasteiger partial charge in [-0.15, -0.1) is 0 Å². The maximum absolute atomic E-state index is 13.2. The van der Waals surface area contributed by atoms with Gasteiger partial charge in [0.1, 0.15) is 0 Å². The first-order valence-electron chi connectivity index (χ1n) is 9.85. The van der Waals surface area contributed by atoms with Crippen LogP contribution in [0, 0.1) is 0 Å². The molecule has 1 N–H and O–H groups in total. The fourth-order valence-corrected chi connectivity index (χ4v) is 4.42. The van der Waals surface area contributed by atoms with Crippen molar-refractivity contribution < 1.29 is 13.2 Å². The standard InChI is InChI=1S/C25H18Cl2N2O3S/c1-33(31,32)19-9-10-20(21(15-19)16-5-4-6-17(26)13-16)25(30)29-18-8-11-23(27)22(14-18)24-7-2-3-12-28-24/h2-15H,1H3,(H,29,30). The average Bonchev–Trinajstić information content (AvgIpc) is 2.80. The van der Waals surface area contributed by atoms with Crippen molar-refractivity contribution in [1.29, 1.82) is 0 Å². The van der Waals surface area contributed by atoms with E-state index >= 15 is 0 Å². The van der Waals surface area contributed by atoms with Gasteiger partial charge in [-0.05, 0) is 71.8 Å². The Morgan fingerprint density at radius 2 is 1.70 bits per heavy atom. The van der Waals surface area contributed by atoms with Crippen LogP contribution in [0.5, 0.6) is 0 Å². The number of halogens is 2. The predicted octanol–water partition coefficient (Wildman–Crippen LogP) is 6.38. The molecule has 3 aromatic carbocycles. The second-order valence-electron chi connectivity index (χ2n) is 7.35. The van der Waals surface area contributed by atoms with E-state index in [0.717, 1.165) is 6.26 Å². The molecule has 4 rings (SSSR count). The number of carbonyl (C=O) groups excluding carboxylic acids is 1. The number of hydrogen-bond donors (Lipinski definition) is 1. The molecule has 0 aliphatic rings. The van der Waals surface area contributed by atoms with E-state index in [0.29, 0.717) is 43.7 Å². The van der Waals surface area contributed by atoms with Crippen LogP contribution in [-0.2, 0) is 9.84 Å². The third-order valence-corrected chi connectivity index (χ3v) is 6.64. The number of rotatable bonds is 5.